The lowest BCUT2D eigenvalue weighted by molar-refractivity contribution is 0.102. The number of hydrogen-bond acceptors (Lipinski definition) is 3. The van der Waals surface area contributed by atoms with E-state index in [1.165, 1.54) is 24.7 Å². The summed E-state index contributed by atoms with van der Waals surface area (Å²) in [5.41, 5.74) is -0.549. The van der Waals surface area contributed by atoms with Gasteiger partial charge in [0, 0.05) is 30.2 Å². The van der Waals surface area contributed by atoms with Crippen LogP contribution >= 0.6 is 15.9 Å². The molecule has 1 amide bonds. The number of anilines is 1. The van der Waals surface area contributed by atoms with Crippen LogP contribution in [0.4, 0.5) is 5.82 Å². The minimum Gasteiger partial charge on any atom is -0.308 e. The molecule has 0 spiro atoms. The number of benzene rings is 1. The number of nitrogens with one attached hydrogen (secondary N) is 1. The summed E-state index contributed by atoms with van der Waals surface area (Å²) in [6, 6.07) is 8.01. The van der Waals surface area contributed by atoms with Gasteiger partial charge in [-0.3, -0.25) is 18.7 Å². The Hall–Kier alpha value is -2.15. The van der Waals surface area contributed by atoms with Crippen molar-refractivity contribution in [1.82, 2.24) is 9.13 Å². The molecule has 0 atom stereocenters. The molecular formula is C13H12BrN3O3. The summed E-state index contributed by atoms with van der Waals surface area (Å²) in [4.78, 5) is 35.4. The van der Waals surface area contributed by atoms with E-state index >= 15 is 0 Å². The predicted octanol–water partition coefficient (Wildman–Crippen LogP) is 1.10. The molecule has 0 bridgehead atoms. The van der Waals surface area contributed by atoms with Gasteiger partial charge in [0.25, 0.3) is 11.5 Å². The molecule has 1 N–H and O–H groups in total. The van der Waals surface area contributed by atoms with Crippen molar-refractivity contribution in [1.29, 1.82) is 0 Å². The Morgan fingerprint density at radius 3 is 2.50 bits per heavy atom. The van der Waals surface area contributed by atoms with Gasteiger partial charge < -0.3 is 5.32 Å². The third-order valence-electron chi connectivity index (χ3n) is 2.85. The van der Waals surface area contributed by atoms with Gasteiger partial charge in [-0.2, -0.15) is 0 Å². The first-order chi connectivity index (χ1) is 9.40. The molecule has 0 aliphatic heterocycles. The Kier molecular flexibility index (Phi) is 3.89. The number of halogens is 1. The number of carbonyl (C=O) groups is 1. The van der Waals surface area contributed by atoms with E-state index in [4.69, 9.17) is 0 Å². The Balaban J connectivity index is 2.38. The van der Waals surface area contributed by atoms with Gasteiger partial charge in [0.1, 0.15) is 5.82 Å². The normalized spacial score (nSPS) is 10.3. The van der Waals surface area contributed by atoms with Gasteiger partial charge >= 0.3 is 5.69 Å². The number of nitrogens with zero attached hydrogens (tertiary/aromatic N) is 2. The summed E-state index contributed by atoms with van der Waals surface area (Å²) in [7, 11) is 2.86. The van der Waals surface area contributed by atoms with Crippen molar-refractivity contribution in [2.24, 2.45) is 14.1 Å². The van der Waals surface area contributed by atoms with Crippen LogP contribution in [0.1, 0.15) is 10.4 Å². The molecule has 0 saturated carbocycles. The zero-order valence-electron chi connectivity index (χ0n) is 10.9. The second-order valence-electron chi connectivity index (χ2n) is 4.23. The zero-order chi connectivity index (χ0) is 14.9. The van der Waals surface area contributed by atoms with Crippen LogP contribution in [0.5, 0.6) is 0 Å². The van der Waals surface area contributed by atoms with Crippen molar-refractivity contribution in [3.63, 3.8) is 0 Å². The van der Waals surface area contributed by atoms with Gasteiger partial charge in [-0.25, -0.2) is 4.79 Å². The molecule has 0 aliphatic rings. The minimum absolute atomic E-state index is 0.156. The molecule has 1 aromatic carbocycles. The largest absolute Gasteiger partial charge is 0.332 e. The molecule has 0 fully saturated rings. The van der Waals surface area contributed by atoms with Crippen LogP contribution in [0.15, 0.2) is 44.4 Å². The predicted molar refractivity (Wildman–Crippen MR) is 79.0 cm³/mol. The summed E-state index contributed by atoms with van der Waals surface area (Å²) in [5, 5.41) is 2.55. The molecule has 0 radical (unpaired) electrons. The molecule has 0 saturated heterocycles. The van der Waals surface area contributed by atoms with Gasteiger partial charge in [-0.1, -0.05) is 22.0 Å². The van der Waals surface area contributed by atoms with Crippen molar-refractivity contribution < 1.29 is 4.79 Å². The van der Waals surface area contributed by atoms with Crippen molar-refractivity contribution in [3.05, 3.63) is 61.2 Å². The summed E-state index contributed by atoms with van der Waals surface area (Å²) in [5.74, 6) is -0.238. The van der Waals surface area contributed by atoms with E-state index in [2.05, 4.69) is 21.2 Å². The highest BCUT2D eigenvalue weighted by molar-refractivity contribution is 9.10. The van der Waals surface area contributed by atoms with E-state index in [0.29, 0.717) is 5.56 Å². The van der Waals surface area contributed by atoms with E-state index in [0.717, 1.165) is 9.04 Å². The maximum atomic E-state index is 12.1. The summed E-state index contributed by atoms with van der Waals surface area (Å²) in [6.07, 6.45) is 0. The van der Waals surface area contributed by atoms with Crippen LogP contribution in [0, 0.1) is 0 Å². The maximum Gasteiger partial charge on any atom is 0.332 e. The summed E-state index contributed by atoms with van der Waals surface area (Å²) in [6.45, 7) is 0. The first kappa shape index (κ1) is 14.3. The number of hydrogen-bond donors (Lipinski definition) is 1. The molecule has 6 nitrogen and oxygen atoms in total. The van der Waals surface area contributed by atoms with Crippen LogP contribution in [0.3, 0.4) is 0 Å². The van der Waals surface area contributed by atoms with E-state index in [1.807, 2.05) is 0 Å². The molecule has 0 unspecified atom stereocenters. The standard InChI is InChI=1S/C13H12BrN3O3/c1-16-10(7-11(18)17(2)13(16)20)15-12(19)8-4-3-5-9(14)6-8/h3-7H,1-2H3,(H,15,19). The Bertz CT molecular complexity index is 792. The van der Waals surface area contributed by atoms with Crippen LogP contribution < -0.4 is 16.6 Å². The van der Waals surface area contributed by atoms with E-state index in [1.54, 1.807) is 24.3 Å². The number of carbonyl (C=O) groups excluding carboxylic acids is 1. The van der Waals surface area contributed by atoms with E-state index < -0.39 is 17.2 Å². The third-order valence-corrected chi connectivity index (χ3v) is 3.35. The number of rotatable bonds is 2. The van der Waals surface area contributed by atoms with Gasteiger partial charge in [0.2, 0.25) is 0 Å². The van der Waals surface area contributed by atoms with Crippen LogP contribution in [-0.4, -0.2) is 15.0 Å². The van der Waals surface area contributed by atoms with Gasteiger partial charge in [0.15, 0.2) is 0 Å². The van der Waals surface area contributed by atoms with Crippen molar-refractivity contribution >= 4 is 27.7 Å². The highest BCUT2D eigenvalue weighted by Gasteiger charge is 2.11. The molecule has 2 aromatic rings. The van der Waals surface area contributed by atoms with E-state index in [9.17, 15) is 14.4 Å². The molecule has 7 heteroatoms. The molecule has 20 heavy (non-hydrogen) atoms. The fourth-order valence-electron chi connectivity index (χ4n) is 1.67. The fourth-order valence-corrected chi connectivity index (χ4v) is 2.07. The lowest BCUT2D eigenvalue weighted by Gasteiger charge is -2.10. The fraction of sp³-hybridized carbons (Fsp3) is 0.154. The van der Waals surface area contributed by atoms with Gasteiger partial charge in [-0.05, 0) is 18.2 Å². The van der Waals surface area contributed by atoms with Gasteiger partial charge in [-0.15, -0.1) is 0 Å². The smallest absolute Gasteiger partial charge is 0.308 e. The van der Waals surface area contributed by atoms with Crippen molar-refractivity contribution in [3.8, 4) is 0 Å². The first-order valence-corrected chi connectivity index (χ1v) is 6.53. The Morgan fingerprint density at radius 1 is 1.15 bits per heavy atom. The van der Waals surface area contributed by atoms with Crippen molar-refractivity contribution in [2.45, 2.75) is 0 Å². The highest BCUT2D eigenvalue weighted by atomic mass is 79.9. The molecular weight excluding hydrogens is 326 g/mol. The lowest BCUT2D eigenvalue weighted by Crippen LogP contribution is -2.38. The quantitative estimate of drug-likeness (QED) is 0.891. The van der Waals surface area contributed by atoms with Crippen LogP contribution in [0.25, 0.3) is 0 Å². The monoisotopic (exact) mass is 337 g/mol. The molecule has 0 aliphatic carbocycles. The number of amides is 1. The second kappa shape index (κ2) is 5.46. The molecule has 104 valence electrons. The summed E-state index contributed by atoms with van der Waals surface area (Å²) < 4.78 is 2.94. The van der Waals surface area contributed by atoms with E-state index in [-0.39, 0.29) is 5.82 Å². The minimum atomic E-state index is -0.498. The Morgan fingerprint density at radius 2 is 1.85 bits per heavy atom. The average Bonchev–Trinajstić information content (AvgIpc) is 2.42. The average molecular weight is 338 g/mol. The maximum absolute atomic E-state index is 12.1. The molecule has 1 heterocycles. The first-order valence-electron chi connectivity index (χ1n) is 5.74. The van der Waals surface area contributed by atoms with Crippen LogP contribution in [-0.2, 0) is 14.1 Å². The SMILES string of the molecule is Cn1c(NC(=O)c2cccc(Br)c2)cc(=O)n(C)c1=O. The van der Waals surface area contributed by atoms with Crippen molar-refractivity contribution in [2.75, 3.05) is 5.32 Å². The highest BCUT2D eigenvalue weighted by Crippen LogP contribution is 2.12. The lowest BCUT2D eigenvalue weighted by atomic mass is 10.2. The number of aromatic nitrogens is 2. The second-order valence-corrected chi connectivity index (χ2v) is 5.15. The Labute approximate surface area is 122 Å². The molecule has 2 rings (SSSR count). The van der Waals surface area contributed by atoms with Crippen LogP contribution in [0.2, 0.25) is 0 Å². The summed E-state index contributed by atoms with van der Waals surface area (Å²) >= 11 is 3.27. The molecule has 1 aromatic heterocycles. The van der Waals surface area contributed by atoms with Gasteiger partial charge in [0.05, 0.1) is 0 Å². The third kappa shape index (κ3) is 2.72. The topological polar surface area (TPSA) is 73.1 Å². The zero-order valence-corrected chi connectivity index (χ0v) is 12.5.